The summed E-state index contributed by atoms with van der Waals surface area (Å²) in [7, 11) is 0. The molecule has 3 aromatic rings. The molecular formula is C24H22FN3O5. The molecule has 0 bridgehead atoms. The van der Waals surface area contributed by atoms with Crippen molar-refractivity contribution in [3.05, 3.63) is 89.6 Å². The van der Waals surface area contributed by atoms with Gasteiger partial charge in [0.25, 0.3) is 17.7 Å². The molecule has 1 aromatic heterocycles. The Morgan fingerprint density at radius 2 is 1.76 bits per heavy atom. The standard InChI is InChI=1S/C24H22FN3O5/c1-15(33-20-10-5-4-9-18(20)25)22(29)26-27-23(30)19-13-16-7-2-3-8-17(16)14-28(19)24(31)21-11-6-12-32-21/h2-12,15,19H,13-14H2,1H3,(H,26,29)(H,27,30). The molecule has 2 N–H and O–H groups in total. The van der Waals surface area contributed by atoms with Crippen LogP contribution in [-0.2, 0) is 22.6 Å². The summed E-state index contributed by atoms with van der Waals surface area (Å²) >= 11 is 0. The molecule has 2 atom stereocenters. The Balaban J connectivity index is 1.44. The van der Waals surface area contributed by atoms with Gasteiger partial charge in [-0.25, -0.2) is 4.39 Å². The van der Waals surface area contributed by atoms with E-state index in [2.05, 4.69) is 10.9 Å². The number of furan rings is 1. The molecule has 0 aliphatic carbocycles. The number of nitrogens with zero attached hydrogens (tertiary/aromatic N) is 1. The zero-order valence-corrected chi connectivity index (χ0v) is 17.8. The van der Waals surface area contributed by atoms with Crippen molar-refractivity contribution in [2.45, 2.75) is 32.0 Å². The monoisotopic (exact) mass is 451 g/mol. The van der Waals surface area contributed by atoms with Gasteiger partial charge in [0.15, 0.2) is 23.4 Å². The number of nitrogens with one attached hydrogen (secondary N) is 2. The third-order valence-corrected chi connectivity index (χ3v) is 5.36. The number of amides is 3. The molecule has 2 aromatic carbocycles. The number of rotatable bonds is 5. The summed E-state index contributed by atoms with van der Waals surface area (Å²) in [5, 5.41) is 0. The maximum Gasteiger partial charge on any atom is 0.290 e. The second kappa shape index (κ2) is 9.56. The van der Waals surface area contributed by atoms with Gasteiger partial charge in [-0.15, -0.1) is 0 Å². The minimum atomic E-state index is -1.07. The predicted octanol–water partition coefficient (Wildman–Crippen LogP) is 2.60. The van der Waals surface area contributed by atoms with Crippen molar-refractivity contribution in [3.63, 3.8) is 0 Å². The summed E-state index contributed by atoms with van der Waals surface area (Å²) in [5.41, 5.74) is 6.51. The van der Waals surface area contributed by atoms with Crippen LogP contribution in [0.15, 0.2) is 71.3 Å². The highest BCUT2D eigenvalue weighted by atomic mass is 19.1. The summed E-state index contributed by atoms with van der Waals surface area (Å²) in [4.78, 5) is 39.7. The van der Waals surface area contributed by atoms with Gasteiger partial charge in [0, 0.05) is 13.0 Å². The maximum atomic E-state index is 13.8. The fourth-order valence-electron chi connectivity index (χ4n) is 3.60. The topological polar surface area (TPSA) is 101 Å². The normalized spacial score (nSPS) is 15.8. The lowest BCUT2D eigenvalue weighted by atomic mass is 9.93. The zero-order chi connectivity index (χ0) is 23.4. The van der Waals surface area contributed by atoms with Crippen molar-refractivity contribution >= 4 is 17.7 Å². The molecule has 170 valence electrons. The van der Waals surface area contributed by atoms with E-state index in [-0.39, 0.29) is 24.5 Å². The van der Waals surface area contributed by atoms with Crippen molar-refractivity contribution in [1.82, 2.24) is 15.8 Å². The van der Waals surface area contributed by atoms with Crippen LogP contribution in [0.1, 0.15) is 28.6 Å². The molecule has 0 saturated heterocycles. The molecule has 9 heteroatoms. The molecule has 1 aliphatic heterocycles. The van der Waals surface area contributed by atoms with Crippen LogP contribution in [-0.4, -0.2) is 34.8 Å². The predicted molar refractivity (Wildman–Crippen MR) is 115 cm³/mol. The molecule has 0 fully saturated rings. The Kier molecular flexibility index (Phi) is 6.39. The molecule has 2 unspecified atom stereocenters. The van der Waals surface area contributed by atoms with Gasteiger partial charge >= 0.3 is 0 Å². The number of benzene rings is 2. The van der Waals surface area contributed by atoms with E-state index in [1.54, 1.807) is 12.1 Å². The van der Waals surface area contributed by atoms with Crippen molar-refractivity contribution in [2.75, 3.05) is 0 Å². The Labute approximate surface area is 189 Å². The van der Waals surface area contributed by atoms with Crippen molar-refractivity contribution in [1.29, 1.82) is 0 Å². The van der Waals surface area contributed by atoms with Crippen LogP contribution < -0.4 is 15.6 Å². The molecule has 1 aliphatic rings. The minimum absolute atomic E-state index is 0.0782. The number of hydrogen-bond donors (Lipinski definition) is 2. The lowest BCUT2D eigenvalue weighted by molar-refractivity contribution is -0.134. The van der Waals surface area contributed by atoms with Gasteiger partial charge in [0.05, 0.1) is 6.26 Å². The molecule has 0 saturated carbocycles. The highest BCUT2D eigenvalue weighted by Gasteiger charge is 2.36. The second-order valence-electron chi connectivity index (χ2n) is 7.57. The molecular weight excluding hydrogens is 429 g/mol. The van der Waals surface area contributed by atoms with Crippen LogP contribution in [0.5, 0.6) is 5.75 Å². The first-order valence-electron chi connectivity index (χ1n) is 10.4. The summed E-state index contributed by atoms with van der Waals surface area (Å²) < 4.78 is 24.3. The van der Waals surface area contributed by atoms with Gasteiger partial charge in [-0.05, 0) is 42.3 Å². The third-order valence-electron chi connectivity index (χ3n) is 5.36. The second-order valence-corrected chi connectivity index (χ2v) is 7.57. The molecule has 33 heavy (non-hydrogen) atoms. The van der Waals surface area contributed by atoms with E-state index >= 15 is 0 Å². The van der Waals surface area contributed by atoms with Crippen LogP contribution in [0.25, 0.3) is 0 Å². The SMILES string of the molecule is CC(Oc1ccccc1F)C(=O)NNC(=O)C1Cc2ccccc2CN1C(=O)c1ccco1. The quantitative estimate of drug-likeness (QED) is 0.581. The Morgan fingerprint density at radius 3 is 2.48 bits per heavy atom. The highest BCUT2D eigenvalue weighted by Crippen LogP contribution is 2.25. The summed E-state index contributed by atoms with van der Waals surface area (Å²) in [5.74, 6) is -2.25. The van der Waals surface area contributed by atoms with E-state index < -0.39 is 35.7 Å². The fourth-order valence-corrected chi connectivity index (χ4v) is 3.60. The van der Waals surface area contributed by atoms with Crippen LogP contribution >= 0.6 is 0 Å². The molecule has 8 nitrogen and oxygen atoms in total. The van der Waals surface area contributed by atoms with Gasteiger partial charge in [-0.1, -0.05) is 36.4 Å². The van der Waals surface area contributed by atoms with Crippen LogP contribution in [0.4, 0.5) is 4.39 Å². The van der Waals surface area contributed by atoms with Gasteiger partial charge in [-0.3, -0.25) is 25.2 Å². The first-order chi connectivity index (χ1) is 15.9. The van der Waals surface area contributed by atoms with E-state index in [0.717, 1.165) is 11.1 Å². The zero-order valence-electron chi connectivity index (χ0n) is 17.8. The number of carbonyl (C=O) groups excluding carboxylic acids is 3. The van der Waals surface area contributed by atoms with Crippen molar-refractivity contribution in [2.24, 2.45) is 0 Å². The highest BCUT2D eigenvalue weighted by molar-refractivity contribution is 5.96. The molecule has 4 rings (SSSR count). The number of hydrogen-bond acceptors (Lipinski definition) is 5. The third kappa shape index (κ3) is 4.87. The van der Waals surface area contributed by atoms with Gasteiger partial charge < -0.3 is 14.1 Å². The Morgan fingerprint density at radius 1 is 1.03 bits per heavy atom. The van der Waals surface area contributed by atoms with E-state index in [1.807, 2.05) is 24.3 Å². The first-order valence-corrected chi connectivity index (χ1v) is 10.4. The number of para-hydroxylation sites is 1. The molecule has 0 spiro atoms. The van der Waals surface area contributed by atoms with Crippen LogP contribution in [0, 0.1) is 5.82 Å². The molecule has 3 amide bonds. The van der Waals surface area contributed by atoms with Crippen LogP contribution in [0.2, 0.25) is 0 Å². The smallest absolute Gasteiger partial charge is 0.290 e. The lowest BCUT2D eigenvalue weighted by Gasteiger charge is -2.35. The number of fused-ring (bicyclic) bond motifs is 1. The Hall–Kier alpha value is -4.14. The van der Waals surface area contributed by atoms with Crippen LogP contribution in [0.3, 0.4) is 0 Å². The average molecular weight is 451 g/mol. The number of hydrazine groups is 1. The van der Waals surface area contributed by atoms with Gasteiger partial charge in [0.2, 0.25) is 0 Å². The summed E-state index contributed by atoms with van der Waals surface area (Å²) in [6.07, 6.45) is 0.582. The van der Waals surface area contributed by atoms with Gasteiger partial charge in [0.1, 0.15) is 6.04 Å². The van der Waals surface area contributed by atoms with E-state index in [1.165, 1.54) is 42.4 Å². The largest absolute Gasteiger partial charge is 0.478 e. The Bertz CT molecular complexity index is 1160. The van der Waals surface area contributed by atoms with Crippen molar-refractivity contribution < 1.29 is 27.9 Å². The van der Waals surface area contributed by atoms with E-state index in [4.69, 9.17) is 9.15 Å². The number of ether oxygens (including phenoxy) is 1. The number of halogens is 1. The fraction of sp³-hybridized carbons (Fsp3) is 0.208. The maximum absolute atomic E-state index is 13.8. The molecule has 0 radical (unpaired) electrons. The van der Waals surface area contributed by atoms with Crippen molar-refractivity contribution in [3.8, 4) is 5.75 Å². The minimum Gasteiger partial charge on any atom is -0.478 e. The summed E-state index contributed by atoms with van der Waals surface area (Å²) in [6, 6.07) is 15.5. The average Bonchev–Trinajstić information content (AvgIpc) is 3.37. The van der Waals surface area contributed by atoms with E-state index in [9.17, 15) is 18.8 Å². The number of carbonyl (C=O) groups is 3. The van der Waals surface area contributed by atoms with E-state index in [0.29, 0.717) is 0 Å². The first kappa shape index (κ1) is 22.1. The lowest BCUT2D eigenvalue weighted by Crippen LogP contribution is -2.57. The summed E-state index contributed by atoms with van der Waals surface area (Å²) in [6.45, 7) is 1.64. The van der Waals surface area contributed by atoms with Gasteiger partial charge in [-0.2, -0.15) is 0 Å². The molecule has 2 heterocycles.